The van der Waals surface area contributed by atoms with Crippen LogP contribution >= 0.6 is 0 Å². The van der Waals surface area contributed by atoms with Crippen molar-refractivity contribution in [3.63, 3.8) is 0 Å². The second-order valence-corrected chi connectivity index (χ2v) is 15.4. The van der Waals surface area contributed by atoms with E-state index in [2.05, 4.69) is 51.0 Å². The van der Waals surface area contributed by atoms with Crippen LogP contribution in [0.1, 0.15) is 85.6 Å². The molecule has 7 rings (SSSR count). The number of aliphatic imine (C=N–C) groups is 3. The summed E-state index contributed by atoms with van der Waals surface area (Å²) in [5, 5.41) is 16.3. The number of nitrogens with zero attached hydrogens (tertiary/aromatic N) is 4. The molecule has 1 aromatic heterocycles. The van der Waals surface area contributed by atoms with Crippen LogP contribution in [0.5, 0.6) is 0 Å². The van der Waals surface area contributed by atoms with Crippen LogP contribution in [-0.2, 0) is 35.0 Å². The first-order valence-electron chi connectivity index (χ1n) is 20.1. The summed E-state index contributed by atoms with van der Waals surface area (Å²) in [6.45, 7) is 12.4. The molecule has 12 nitrogen and oxygen atoms in total. The van der Waals surface area contributed by atoms with Gasteiger partial charge in [-0.15, -0.1) is 0 Å². The second-order valence-electron chi connectivity index (χ2n) is 15.4. The van der Waals surface area contributed by atoms with E-state index in [-0.39, 0.29) is 49.4 Å². The maximum absolute atomic E-state index is 14.5. The Hall–Kier alpha value is -5.91. The van der Waals surface area contributed by atoms with Crippen molar-refractivity contribution in [1.29, 1.82) is 0 Å². The fourth-order valence-electron chi connectivity index (χ4n) is 9.07. The summed E-state index contributed by atoms with van der Waals surface area (Å²) >= 11 is 0. The number of pyridine rings is 1. The van der Waals surface area contributed by atoms with E-state index >= 15 is 0 Å². The molecule has 6 aliphatic rings. The minimum atomic E-state index is -1.83. The Bertz CT molecular complexity index is 2350. The van der Waals surface area contributed by atoms with Crippen molar-refractivity contribution in [2.45, 2.75) is 86.5 Å². The third kappa shape index (κ3) is 6.81. The molecule has 6 heterocycles. The van der Waals surface area contributed by atoms with Crippen LogP contribution in [0.25, 0.3) is 0 Å². The summed E-state index contributed by atoms with van der Waals surface area (Å²) in [5.74, 6) is -2.42. The summed E-state index contributed by atoms with van der Waals surface area (Å²) < 4.78 is 16.3. The number of allylic oxidation sites excluding steroid dienone is 11. The number of ether oxygens (including phenoxy) is 3. The van der Waals surface area contributed by atoms with Crippen LogP contribution < -0.4 is 5.32 Å². The van der Waals surface area contributed by atoms with Gasteiger partial charge in [0.15, 0.2) is 5.41 Å². The molecular weight excluding hydrogens is 735 g/mol. The number of hydrogen-bond acceptors (Lipinski definition) is 12. The van der Waals surface area contributed by atoms with Crippen LogP contribution in [0, 0.1) is 17.3 Å². The summed E-state index contributed by atoms with van der Waals surface area (Å²) in [5.41, 5.74) is 10.6. The molecule has 0 aromatic carbocycles. The molecular formula is C46H51N5O7. The van der Waals surface area contributed by atoms with Gasteiger partial charge >= 0.3 is 17.9 Å². The molecule has 3 atom stereocenters. The van der Waals surface area contributed by atoms with Crippen molar-refractivity contribution in [1.82, 2.24) is 10.3 Å². The predicted octanol–water partition coefficient (Wildman–Crippen LogP) is 7.75. The van der Waals surface area contributed by atoms with Crippen molar-refractivity contribution in [2.75, 3.05) is 20.8 Å². The third-order valence-corrected chi connectivity index (χ3v) is 12.4. The van der Waals surface area contributed by atoms with Gasteiger partial charge in [-0.2, -0.15) is 0 Å². The fourth-order valence-corrected chi connectivity index (χ4v) is 9.07. The summed E-state index contributed by atoms with van der Waals surface area (Å²) in [6.07, 6.45) is 11.6. The standard InChI is InChI=1S/C46H51N5O7/c1-9-29-24(3)32-20-34-26(5)31(13-14-38(52)56-7)42(50-34)41-43-40(27(6)35(51-43)22-37-30(10-2)25(4)33(49-37)21-36(29)48-32)44(54)46(41,45(55)57-8)17-15-39(53)58-19-16-28-12-11-18-47-23-28/h11-12,18,20-23,26,31,50,54H,9-10,13-17,19H2,1-8H3/t26-,31-,46?/m0/s1. The zero-order chi connectivity index (χ0) is 41.5. The molecule has 0 saturated carbocycles. The highest BCUT2D eigenvalue weighted by atomic mass is 16.5. The lowest BCUT2D eigenvalue weighted by molar-refractivity contribution is -0.151. The van der Waals surface area contributed by atoms with E-state index in [4.69, 9.17) is 29.2 Å². The third-order valence-electron chi connectivity index (χ3n) is 12.4. The van der Waals surface area contributed by atoms with Gasteiger partial charge < -0.3 is 24.6 Å². The minimum absolute atomic E-state index is 0.109. The number of rotatable bonds is 12. The van der Waals surface area contributed by atoms with Crippen molar-refractivity contribution in [3.8, 4) is 0 Å². The lowest BCUT2D eigenvalue weighted by Crippen LogP contribution is -2.38. The van der Waals surface area contributed by atoms with Crippen LogP contribution in [0.4, 0.5) is 0 Å². The maximum atomic E-state index is 14.5. The van der Waals surface area contributed by atoms with Gasteiger partial charge in [0, 0.05) is 66.0 Å². The minimum Gasteiger partial charge on any atom is -0.510 e. The first-order chi connectivity index (χ1) is 27.9. The number of aromatic nitrogens is 1. The van der Waals surface area contributed by atoms with Crippen LogP contribution in [0.3, 0.4) is 0 Å². The molecule has 8 bridgehead atoms. The molecule has 302 valence electrons. The first kappa shape index (κ1) is 40.3. The van der Waals surface area contributed by atoms with E-state index in [1.807, 2.05) is 31.2 Å². The summed E-state index contributed by atoms with van der Waals surface area (Å²) in [4.78, 5) is 60.2. The van der Waals surface area contributed by atoms with E-state index in [0.29, 0.717) is 46.7 Å². The van der Waals surface area contributed by atoms with Crippen molar-refractivity contribution in [2.24, 2.45) is 32.2 Å². The molecule has 5 aliphatic heterocycles. The smallest absolute Gasteiger partial charge is 0.324 e. The SMILES string of the molecule is CCC1=C(C)C2=NC1=CC1=C(C)C3=C(O)C(CCC(=O)OCCc4cccnc4)(C(=O)OC)C(=C4NC(=CC5=NC(=C2)C(CC)=C5C)[C@@H](C)[C@@H]4CCC(=O)OC)C3=N1. The maximum Gasteiger partial charge on any atom is 0.324 e. The number of esters is 3. The predicted molar refractivity (Wildman–Crippen MR) is 222 cm³/mol. The number of carbonyl (C=O) groups excluding carboxylic acids is 3. The van der Waals surface area contributed by atoms with Gasteiger partial charge in [-0.1, -0.05) is 26.8 Å². The molecule has 0 spiro atoms. The number of carbonyl (C=O) groups is 3. The van der Waals surface area contributed by atoms with E-state index < -0.39 is 17.4 Å². The average Bonchev–Trinajstić information content (AvgIpc) is 3.95. The Morgan fingerprint density at radius 2 is 1.57 bits per heavy atom. The quantitative estimate of drug-likeness (QED) is 0.160. The molecule has 1 unspecified atom stereocenters. The van der Waals surface area contributed by atoms with Crippen LogP contribution in [0.15, 0.2) is 131 Å². The number of nitrogens with one attached hydrogen (secondary N) is 1. The Labute approximate surface area is 339 Å². The van der Waals surface area contributed by atoms with E-state index in [1.165, 1.54) is 14.2 Å². The molecule has 1 aromatic rings. The molecule has 0 radical (unpaired) electrons. The molecule has 2 N–H and O–H groups in total. The van der Waals surface area contributed by atoms with E-state index in [0.717, 1.165) is 69.2 Å². The Morgan fingerprint density at radius 3 is 2.21 bits per heavy atom. The molecule has 1 saturated heterocycles. The zero-order valence-electron chi connectivity index (χ0n) is 34.5. The lowest BCUT2D eigenvalue weighted by Gasteiger charge is -2.31. The van der Waals surface area contributed by atoms with Gasteiger partial charge in [0.05, 0.1) is 55.1 Å². The Balaban J connectivity index is 1.44. The monoisotopic (exact) mass is 785 g/mol. The number of fused-ring (bicyclic) bond motifs is 5. The molecule has 58 heavy (non-hydrogen) atoms. The topological polar surface area (TPSA) is 161 Å². The highest BCUT2D eigenvalue weighted by Gasteiger charge is 2.59. The number of aliphatic hydroxyl groups is 1. The van der Waals surface area contributed by atoms with Gasteiger partial charge in [0.2, 0.25) is 0 Å². The lowest BCUT2D eigenvalue weighted by atomic mass is 9.73. The van der Waals surface area contributed by atoms with Crippen molar-refractivity contribution >= 4 is 35.0 Å². The highest BCUT2D eigenvalue weighted by molar-refractivity contribution is 6.25. The molecule has 1 fully saturated rings. The number of hydrogen-bond donors (Lipinski definition) is 2. The number of aliphatic hydroxyl groups excluding tert-OH is 1. The van der Waals surface area contributed by atoms with Gasteiger partial charge in [-0.3, -0.25) is 19.4 Å². The Morgan fingerprint density at radius 1 is 0.879 bits per heavy atom. The molecule has 12 heteroatoms. The largest absolute Gasteiger partial charge is 0.510 e. The van der Waals surface area contributed by atoms with Gasteiger partial charge in [0.25, 0.3) is 0 Å². The first-order valence-corrected chi connectivity index (χ1v) is 20.1. The normalized spacial score (nSPS) is 23.4. The van der Waals surface area contributed by atoms with Gasteiger partial charge in [-0.25, -0.2) is 15.0 Å². The van der Waals surface area contributed by atoms with Crippen molar-refractivity contribution in [3.05, 3.63) is 122 Å². The van der Waals surface area contributed by atoms with Crippen molar-refractivity contribution < 1.29 is 33.7 Å². The fraction of sp³-hybridized carbons (Fsp3) is 0.413. The van der Waals surface area contributed by atoms with E-state index in [9.17, 15) is 19.5 Å². The van der Waals surface area contributed by atoms with Gasteiger partial charge in [0.1, 0.15) is 5.76 Å². The summed E-state index contributed by atoms with van der Waals surface area (Å²) in [7, 11) is 2.63. The zero-order valence-corrected chi connectivity index (χ0v) is 34.5. The molecule has 0 amide bonds. The Kier molecular flexibility index (Phi) is 11.2. The van der Waals surface area contributed by atoms with Crippen LogP contribution in [0.2, 0.25) is 0 Å². The summed E-state index contributed by atoms with van der Waals surface area (Å²) in [6, 6.07) is 3.73. The molecule has 1 aliphatic carbocycles. The highest BCUT2D eigenvalue weighted by Crippen LogP contribution is 2.56. The van der Waals surface area contributed by atoms with Crippen LogP contribution in [-0.4, -0.2) is 66.0 Å². The second kappa shape index (κ2) is 16.2. The average molecular weight is 786 g/mol. The van der Waals surface area contributed by atoms with Gasteiger partial charge in [-0.05, 0) is 104 Å². The number of methoxy groups -OCH3 is 2. The van der Waals surface area contributed by atoms with E-state index in [1.54, 1.807) is 12.4 Å².